The number of benzene rings is 4. The number of hydrogen-bond donors (Lipinski definition) is 0. The molecule has 1 aliphatic rings. The Morgan fingerprint density at radius 1 is 0.714 bits per heavy atom. The third-order valence-electron chi connectivity index (χ3n) is 8.65. The molecule has 4 aromatic rings. The van der Waals surface area contributed by atoms with Crippen molar-refractivity contribution in [2.75, 3.05) is 0 Å². The van der Waals surface area contributed by atoms with Crippen molar-refractivity contribution >= 4 is 11.9 Å². The number of hydrogen-bond acceptors (Lipinski definition) is 4. The van der Waals surface area contributed by atoms with E-state index in [-0.39, 0.29) is 23.4 Å². The molecule has 5 rings (SSSR count). The molecule has 4 aromatic carbocycles. The second kappa shape index (κ2) is 12.4. The van der Waals surface area contributed by atoms with E-state index in [1.54, 1.807) is 24.3 Å². The molecule has 0 aliphatic heterocycles. The zero-order valence-electron chi connectivity index (χ0n) is 25.1. The first-order valence-corrected chi connectivity index (χ1v) is 14.8. The number of esters is 2. The Balaban J connectivity index is 1.34. The Kier molecular flexibility index (Phi) is 8.63. The van der Waals surface area contributed by atoms with Gasteiger partial charge in [0.1, 0.15) is 12.4 Å². The van der Waals surface area contributed by atoms with Crippen LogP contribution in [0, 0.1) is 0 Å². The molecule has 4 nitrogen and oxygen atoms in total. The van der Waals surface area contributed by atoms with E-state index in [9.17, 15) is 9.59 Å². The fraction of sp³-hybridized carbons (Fsp3) is 0.316. The summed E-state index contributed by atoms with van der Waals surface area (Å²) in [7, 11) is 0. The van der Waals surface area contributed by atoms with Gasteiger partial charge in [0.2, 0.25) is 0 Å². The minimum Gasteiger partial charge on any atom is -0.457 e. The molecule has 0 amide bonds. The highest BCUT2D eigenvalue weighted by Crippen LogP contribution is 2.46. The smallest absolute Gasteiger partial charge is 0.338 e. The SMILES string of the molecule is CC1(C)CCC(C)(C)c2cc(C(CCc3ccccc3)C(=O)Oc3ccc(C(=O)OCc4ccccc4)cc3)ccc21. The lowest BCUT2D eigenvalue weighted by Gasteiger charge is -2.42. The van der Waals surface area contributed by atoms with Crippen molar-refractivity contribution in [3.05, 3.63) is 137 Å². The molecule has 1 aliphatic carbocycles. The summed E-state index contributed by atoms with van der Waals surface area (Å²) in [6.07, 6.45) is 3.64. The number of rotatable bonds is 9. The van der Waals surface area contributed by atoms with Gasteiger partial charge in [-0.25, -0.2) is 4.79 Å². The maximum absolute atomic E-state index is 13.8. The van der Waals surface area contributed by atoms with Gasteiger partial charge in [-0.15, -0.1) is 0 Å². The second-order valence-electron chi connectivity index (χ2n) is 12.7. The minimum atomic E-state index is -0.424. The monoisotopic (exact) mass is 560 g/mol. The predicted octanol–water partition coefficient (Wildman–Crippen LogP) is 8.71. The van der Waals surface area contributed by atoms with Crippen LogP contribution in [0.15, 0.2) is 103 Å². The van der Waals surface area contributed by atoms with Crippen molar-refractivity contribution in [3.8, 4) is 5.75 Å². The molecule has 4 heteroatoms. The van der Waals surface area contributed by atoms with Crippen LogP contribution in [0.25, 0.3) is 0 Å². The molecule has 1 unspecified atom stereocenters. The fourth-order valence-corrected chi connectivity index (χ4v) is 5.85. The average molecular weight is 561 g/mol. The van der Waals surface area contributed by atoms with E-state index >= 15 is 0 Å². The normalized spacial score (nSPS) is 15.7. The summed E-state index contributed by atoms with van der Waals surface area (Å²) >= 11 is 0. The van der Waals surface area contributed by atoms with Gasteiger partial charge >= 0.3 is 11.9 Å². The maximum Gasteiger partial charge on any atom is 0.338 e. The Hall–Kier alpha value is -4.18. The Labute approximate surface area is 249 Å². The molecule has 0 spiro atoms. The quantitative estimate of drug-likeness (QED) is 0.152. The molecular formula is C38H40O4. The van der Waals surface area contributed by atoms with E-state index in [2.05, 4.69) is 58.0 Å². The van der Waals surface area contributed by atoms with Crippen molar-refractivity contribution in [1.29, 1.82) is 0 Å². The van der Waals surface area contributed by atoms with E-state index in [0.29, 0.717) is 17.7 Å². The summed E-state index contributed by atoms with van der Waals surface area (Å²) in [6, 6.07) is 33.0. The summed E-state index contributed by atoms with van der Waals surface area (Å²) in [4.78, 5) is 26.3. The highest BCUT2D eigenvalue weighted by atomic mass is 16.5. The molecular weight excluding hydrogens is 520 g/mol. The van der Waals surface area contributed by atoms with Gasteiger partial charge in [0, 0.05) is 0 Å². The van der Waals surface area contributed by atoms with Gasteiger partial charge in [0.05, 0.1) is 11.5 Å². The van der Waals surface area contributed by atoms with Crippen molar-refractivity contribution in [1.82, 2.24) is 0 Å². The van der Waals surface area contributed by atoms with Crippen LogP contribution >= 0.6 is 0 Å². The molecule has 42 heavy (non-hydrogen) atoms. The maximum atomic E-state index is 13.8. The summed E-state index contributed by atoms with van der Waals surface area (Å²) in [5.41, 5.74) is 6.35. The van der Waals surface area contributed by atoms with Crippen LogP contribution in [0.2, 0.25) is 0 Å². The highest BCUT2D eigenvalue weighted by molar-refractivity contribution is 5.89. The Morgan fingerprint density at radius 2 is 1.31 bits per heavy atom. The van der Waals surface area contributed by atoms with Gasteiger partial charge in [-0.05, 0) is 88.6 Å². The topological polar surface area (TPSA) is 52.6 Å². The zero-order valence-corrected chi connectivity index (χ0v) is 25.1. The molecule has 0 saturated carbocycles. The van der Waals surface area contributed by atoms with Crippen LogP contribution in [-0.4, -0.2) is 11.9 Å². The second-order valence-corrected chi connectivity index (χ2v) is 12.7. The molecule has 0 aromatic heterocycles. The molecule has 0 radical (unpaired) electrons. The number of fused-ring (bicyclic) bond motifs is 1. The van der Waals surface area contributed by atoms with Gasteiger partial charge in [-0.2, -0.15) is 0 Å². The van der Waals surface area contributed by atoms with Crippen molar-refractivity contribution in [2.24, 2.45) is 0 Å². The molecule has 0 N–H and O–H groups in total. The first kappa shape index (κ1) is 29.3. The van der Waals surface area contributed by atoms with Crippen LogP contribution in [0.4, 0.5) is 0 Å². The standard InChI is InChI=1S/C38H40O4/c1-37(2)23-24-38(3,4)34-25-30(18-22-33(34)37)32(21-15-27-11-7-5-8-12-27)36(40)42-31-19-16-29(17-20-31)35(39)41-26-28-13-9-6-10-14-28/h5-14,16-20,22,25,32H,15,21,23-24,26H2,1-4H3. The molecule has 0 heterocycles. The molecule has 216 valence electrons. The lowest BCUT2D eigenvalue weighted by molar-refractivity contribution is -0.136. The molecule has 0 fully saturated rings. The first-order valence-electron chi connectivity index (χ1n) is 14.8. The first-order chi connectivity index (χ1) is 20.1. The highest BCUT2D eigenvalue weighted by Gasteiger charge is 2.38. The van der Waals surface area contributed by atoms with E-state index in [0.717, 1.165) is 30.4 Å². The third-order valence-corrected chi connectivity index (χ3v) is 8.65. The van der Waals surface area contributed by atoms with E-state index in [1.807, 2.05) is 48.5 Å². The van der Waals surface area contributed by atoms with Gasteiger partial charge in [0.25, 0.3) is 0 Å². The third kappa shape index (κ3) is 6.82. The summed E-state index contributed by atoms with van der Waals surface area (Å²) in [5, 5.41) is 0. The van der Waals surface area contributed by atoms with Crippen molar-refractivity contribution in [2.45, 2.75) is 76.7 Å². The van der Waals surface area contributed by atoms with E-state index in [1.165, 1.54) is 16.7 Å². The minimum absolute atomic E-state index is 0.0414. The number of carbonyl (C=O) groups excluding carboxylic acids is 2. The molecule has 1 atom stereocenters. The summed E-state index contributed by atoms with van der Waals surface area (Å²) in [6.45, 7) is 9.42. The number of ether oxygens (including phenoxy) is 2. The van der Waals surface area contributed by atoms with Gasteiger partial charge in [-0.3, -0.25) is 4.79 Å². The van der Waals surface area contributed by atoms with E-state index < -0.39 is 11.9 Å². The Bertz CT molecular complexity index is 1520. The summed E-state index contributed by atoms with van der Waals surface area (Å²) < 4.78 is 11.4. The molecule has 0 saturated heterocycles. The predicted molar refractivity (Wildman–Crippen MR) is 167 cm³/mol. The lowest BCUT2D eigenvalue weighted by Crippen LogP contribution is -2.34. The molecule has 0 bridgehead atoms. The number of carbonyl (C=O) groups is 2. The van der Waals surface area contributed by atoms with Crippen molar-refractivity contribution < 1.29 is 19.1 Å². The zero-order chi connectivity index (χ0) is 29.7. The van der Waals surface area contributed by atoms with Crippen LogP contribution in [0.3, 0.4) is 0 Å². The van der Waals surface area contributed by atoms with E-state index in [4.69, 9.17) is 9.47 Å². The van der Waals surface area contributed by atoms with Gasteiger partial charge in [0.15, 0.2) is 0 Å². The van der Waals surface area contributed by atoms with Gasteiger partial charge in [-0.1, -0.05) is 107 Å². The average Bonchev–Trinajstić information content (AvgIpc) is 3.00. The lowest BCUT2D eigenvalue weighted by atomic mass is 9.62. The van der Waals surface area contributed by atoms with Crippen LogP contribution in [0.5, 0.6) is 5.75 Å². The largest absolute Gasteiger partial charge is 0.457 e. The van der Waals surface area contributed by atoms with Crippen LogP contribution in [0.1, 0.15) is 91.1 Å². The van der Waals surface area contributed by atoms with Crippen molar-refractivity contribution in [3.63, 3.8) is 0 Å². The Morgan fingerprint density at radius 3 is 1.95 bits per heavy atom. The summed E-state index contributed by atoms with van der Waals surface area (Å²) in [5.74, 6) is -0.731. The van der Waals surface area contributed by atoms with Gasteiger partial charge < -0.3 is 9.47 Å². The number of aryl methyl sites for hydroxylation is 1. The van der Waals surface area contributed by atoms with Crippen LogP contribution < -0.4 is 4.74 Å². The van der Waals surface area contributed by atoms with Crippen LogP contribution in [-0.2, 0) is 33.4 Å². The fourth-order valence-electron chi connectivity index (χ4n) is 5.85.